The van der Waals surface area contributed by atoms with Gasteiger partial charge in [-0.25, -0.2) is 4.79 Å². The molecule has 0 spiro atoms. The zero-order chi connectivity index (χ0) is 20.3. The summed E-state index contributed by atoms with van der Waals surface area (Å²) in [6.45, 7) is 6.03. The van der Waals surface area contributed by atoms with Gasteiger partial charge in [-0.3, -0.25) is 0 Å². The number of azide groups is 1. The number of fused-ring (bicyclic) bond motifs is 1. The number of nitrogens with zero attached hydrogens (tertiary/aromatic N) is 6. The fourth-order valence-corrected chi connectivity index (χ4v) is 2.34. The molecule has 11 heteroatoms. The molecule has 1 aromatic carbocycles. The van der Waals surface area contributed by atoms with E-state index in [1.165, 1.54) is 12.1 Å². The summed E-state index contributed by atoms with van der Waals surface area (Å²) in [4.78, 5) is 26.6. The van der Waals surface area contributed by atoms with Gasteiger partial charge in [-0.2, -0.15) is 15.0 Å². The van der Waals surface area contributed by atoms with Crippen LogP contribution in [-0.4, -0.2) is 20.5 Å². The Morgan fingerprint density at radius 1 is 1.32 bits per heavy atom. The highest BCUT2D eigenvalue weighted by atomic mass is 35.5. The van der Waals surface area contributed by atoms with Crippen molar-refractivity contribution in [2.75, 3.05) is 5.32 Å². The van der Waals surface area contributed by atoms with Crippen molar-refractivity contribution in [3.63, 3.8) is 0 Å². The lowest BCUT2D eigenvalue weighted by Gasteiger charge is -2.24. The Bertz CT molecular complexity index is 1140. The van der Waals surface area contributed by atoms with Gasteiger partial charge in [0.15, 0.2) is 0 Å². The first kappa shape index (κ1) is 19.4. The molecule has 0 aliphatic heterocycles. The maximum atomic E-state index is 11.8. The van der Waals surface area contributed by atoms with Crippen LogP contribution in [0, 0.1) is 0 Å². The molecule has 0 fully saturated rings. The molecule has 0 saturated carbocycles. The van der Waals surface area contributed by atoms with Crippen LogP contribution in [0.5, 0.6) is 11.8 Å². The summed E-state index contributed by atoms with van der Waals surface area (Å²) >= 11 is 5.97. The highest BCUT2D eigenvalue weighted by Gasteiger charge is 2.18. The number of rotatable bonds is 6. The zero-order valence-electron chi connectivity index (χ0n) is 15.3. The van der Waals surface area contributed by atoms with Crippen molar-refractivity contribution in [3.05, 3.63) is 50.4 Å². The number of nitrogens with one attached hydrogen (secondary N) is 1. The molecule has 1 N–H and O–H groups in total. The Balaban J connectivity index is 1.92. The number of hydrogen-bond donors (Lipinski definition) is 1. The quantitative estimate of drug-likeness (QED) is 0.266. The minimum absolute atomic E-state index is 0.0122. The summed E-state index contributed by atoms with van der Waals surface area (Å²) in [7, 11) is 0. The standard InChI is InChI=1S/C17H16ClN7O3/c1-4-17(2,3)23-15-20-14(18)21-16(22-15)27-10-6-5-9-7-11(24-25-19)13(26)28-12(9)8-10/h5-8H,4H2,1-3H3,(H,20,21,22,23). The molecular formula is C17H16ClN7O3. The van der Waals surface area contributed by atoms with Crippen LogP contribution in [0.15, 0.2) is 38.6 Å². The number of aromatic nitrogens is 3. The van der Waals surface area contributed by atoms with E-state index in [-0.39, 0.29) is 34.1 Å². The second-order valence-corrected chi connectivity index (χ2v) is 6.82. The van der Waals surface area contributed by atoms with Crippen molar-refractivity contribution in [2.45, 2.75) is 32.7 Å². The molecule has 28 heavy (non-hydrogen) atoms. The van der Waals surface area contributed by atoms with Crippen LogP contribution in [-0.2, 0) is 0 Å². The minimum Gasteiger partial charge on any atom is -0.424 e. The number of benzene rings is 1. The molecule has 0 aliphatic carbocycles. The van der Waals surface area contributed by atoms with Gasteiger partial charge in [0.2, 0.25) is 11.2 Å². The van der Waals surface area contributed by atoms with Gasteiger partial charge >= 0.3 is 11.6 Å². The van der Waals surface area contributed by atoms with Crippen LogP contribution in [0.25, 0.3) is 21.4 Å². The Hall–Kier alpha value is -3.36. The third-order valence-electron chi connectivity index (χ3n) is 3.97. The fraction of sp³-hybridized carbons (Fsp3) is 0.294. The lowest BCUT2D eigenvalue weighted by molar-refractivity contribution is 0.437. The van der Waals surface area contributed by atoms with E-state index >= 15 is 0 Å². The van der Waals surface area contributed by atoms with E-state index in [1.54, 1.807) is 12.1 Å². The second kappa shape index (κ2) is 7.71. The monoisotopic (exact) mass is 401 g/mol. The molecule has 0 amide bonds. The third-order valence-corrected chi connectivity index (χ3v) is 4.14. The molecule has 0 radical (unpaired) electrons. The molecule has 3 rings (SSSR count). The Morgan fingerprint density at radius 2 is 2.11 bits per heavy atom. The van der Waals surface area contributed by atoms with E-state index in [4.69, 9.17) is 26.3 Å². The average Bonchev–Trinajstić information content (AvgIpc) is 2.62. The van der Waals surface area contributed by atoms with Gasteiger partial charge in [0.25, 0.3) is 0 Å². The second-order valence-electron chi connectivity index (χ2n) is 6.48. The molecule has 3 aromatic rings. The summed E-state index contributed by atoms with van der Waals surface area (Å²) in [6.07, 6.45) is 0.841. The lowest BCUT2D eigenvalue weighted by atomic mass is 10.0. The van der Waals surface area contributed by atoms with Gasteiger partial charge in [0.05, 0.1) is 0 Å². The highest BCUT2D eigenvalue weighted by molar-refractivity contribution is 6.28. The normalized spacial score (nSPS) is 11.1. The van der Waals surface area contributed by atoms with E-state index in [0.29, 0.717) is 11.1 Å². The molecule has 0 unspecified atom stereocenters. The van der Waals surface area contributed by atoms with E-state index < -0.39 is 5.63 Å². The SMILES string of the molecule is CCC(C)(C)Nc1nc(Cl)nc(Oc2ccc3cc(N=[N+]=[N-])c(=O)oc3c2)n1. The Morgan fingerprint density at radius 3 is 2.82 bits per heavy atom. The van der Waals surface area contributed by atoms with Crippen molar-refractivity contribution in [2.24, 2.45) is 5.11 Å². The fourth-order valence-electron chi connectivity index (χ4n) is 2.19. The zero-order valence-corrected chi connectivity index (χ0v) is 16.1. The molecule has 0 saturated heterocycles. The topological polar surface area (TPSA) is 139 Å². The van der Waals surface area contributed by atoms with Crippen LogP contribution >= 0.6 is 11.6 Å². The minimum atomic E-state index is -0.751. The molecule has 2 heterocycles. The predicted molar refractivity (Wildman–Crippen MR) is 104 cm³/mol. The number of ether oxygens (including phenoxy) is 1. The van der Waals surface area contributed by atoms with Crippen molar-refractivity contribution in [1.82, 2.24) is 15.0 Å². The summed E-state index contributed by atoms with van der Waals surface area (Å²) in [6, 6.07) is 6.19. The van der Waals surface area contributed by atoms with Crippen LogP contribution in [0.4, 0.5) is 11.6 Å². The van der Waals surface area contributed by atoms with Crippen LogP contribution in [0.1, 0.15) is 27.2 Å². The maximum absolute atomic E-state index is 11.8. The van der Waals surface area contributed by atoms with Gasteiger partial charge in [-0.15, -0.1) is 0 Å². The molecule has 0 aliphatic rings. The van der Waals surface area contributed by atoms with Crippen molar-refractivity contribution in [3.8, 4) is 11.8 Å². The predicted octanol–water partition coefficient (Wildman–Crippen LogP) is 4.97. The lowest BCUT2D eigenvalue weighted by Crippen LogP contribution is -2.30. The maximum Gasteiger partial charge on any atom is 0.345 e. The van der Waals surface area contributed by atoms with Crippen LogP contribution in [0.3, 0.4) is 0 Å². The first-order chi connectivity index (χ1) is 13.3. The molecule has 0 bridgehead atoms. The Labute approximate surface area is 164 Å². The van der Waals surface area contributed by atoms with Gasteiger partial charge in [-0.05, 0) is 55.6 Å². The van der Waals surface area contributed by atoms with Crippen LogP contribution in [0.2, 0.25) is 5.28 Å². The van der Waals surface area contributed by atoms with E-state index in [2.05, 4.69) is 30.3 Å². The largest absolute Gasteiger partial charge is 0.424 e. The number of anilines is 1. The highest BCUT2D eigenvalue weighted by Crippen LogP contribution is 2.26. The van der Waals surface area contributed by atoms with Gasteiger partial charge in [0.1, 0.15) is 17.0 Å². The van der Waals surface area contributed by atoms with E-state index in [1.807, 2.05) is 20.8 Å². The van der Waals surface area contributed by atoms with Crippen molar-refractivity contribution < 1.29 is 9.15 Å². The summed E-state index contributed by atoms with van der Waals surface area (Å²) < 4.78 is 10.8. The molecule has 144 valence electrons. The third kappa shape index (κ3) is 4.48. The molecular weight excluding hydrogens is 386 g/mol. The Kier molecular flexibility index (Phi) is 5.34. The van der Waals surface area contributed by atoms with Gasteiger partial charge < -0.3 is 14.5 Å². The van der Waals surface area contributed by atoms with E-state index in [0.717, 1.165) is 6.42 Å². The molecule has 0 atom stereocenters. The van der Waals surface area contributed by atoms with Crippen molar-refractivity contribution in [1.29, 1.82) is 0 Å². The summed E-state index contributed by atoms with van der Waals surface area (Å²) in [5, 5.41) is 7.00. The average molecular weight is 402 g/mol. The number of halogens is 1. The van der Waals surface area contributed by atoms with Gasteiger partial charge in [-0.1, -0.05) is 12.0 Å². The number of hydrogen-bond acceptors (Lipinski definition) is 8. The molecule has 2 aromatic heterocycles. The van der Waals surface area contributed by atoms with Crippen LogP contribution < -0.4 is 15.7 Å². The van der Waals surface area contributed by atoms with Gasteiger partial charge in [0, 0.05) is 21.9 Å². The molecule has 10 nitrogen and oxygen atoms in total. The first-order valence-corrected chi connectivity index (χ1v) is 8.68. The summed E-state index contributed by atoms with van der Waals surface area (Å²) in [5.74, 6) is 0.614. The smallest absolute Gasteiger partial charge is 0.345 e. The van der Waals surface area contributed by atoms with Crippen molar-refractivity contribution >= 4 is 34.2 Å². The van der Waals surface area contributed by atoms with E-state index in [9.17, 15) is 4.79 Å². The first-order valence-electron chi connectivity index (χ1n) is 8.30. The summed E-state index contributed by atoms with van der Waals surface area (Å²) in [5.41, 5.74) is 7.62.